The predicted molar refractivity (Wildman–Crippen MR) is 65.1 cm³/mol. The second-order valence-corrected chi connectivity index (χ2v) is 4.33. The Morgan fingerprint density at radius 2 is 2.53 bits per heavy atom. The summed E-state index contributed by atoms with van der Waals surface area (Å²) in [5.74, 6) is 5.66. The van der Waals surface area contributed by atoms with Gasteiger partial charge in [-0.1, -0.05) is 6.92 Å². The first kappa shape index (κ1) is 12.5. The third kappa shape index (κ3) is 2.66. The van der Waals surface area contributed by atoms with Gasteiger partial charge in [0.2, 0.25) is 0 Å². The molecular formula is C11H21N5O. The van der Waals surface area contributed by atoms with E-state index in [-0.39, 0.29) is 12.1 Å². The zero-order chi connectivity index (χ0) is 12.3. The summed E-state index contributed by atoms with van der Waals surface area (Å²) in [6.45, 7) is 5.86. The van der Waals surface area contributed by atoms with Crippen LogP contribution in [0.5, 0.6) is 0 Å². The Kier molecular flexibility index (Phi) is 4.11. The fraction of sp³-hybridized carbons (Fsp3) is 0.727. The van der Waals surface area contributed by atoms with Crippen LogP contribution in [-0.2, 0) is 11.8 Å². The summed E-state index contributed by atoms with van der Waals surface area (Å²) in [7, 11) is 1.92. The SMILES string of the molecule is CCN1CCOC(C(NN)c2ccnn2C)C1. The number of nitrogens with two attached hydrogens (primary N) is 1. The van der Waals surface area contributed by atoms with Crippen LogP contribution in [0.4, 0.5) is 0 Å². The first-order valence-corrected chi connectivity index (χ1v) is 6.04. The smallest absolute Gasteiger partial charge is 0.0925 e. The highest BCUT2D eigenvalue weighted by Crippen LogP contribution is 2.21. The van der Waals surface area contributed by atoms with Gasteiger partial charge in [0.15, 0.2) is 0 Å². The summed E-state index contributed by atoms with van der Waals surface area (Å²) in [6, 6.07) is 1.95. The zero-order valence-corrected chi connectivity index (χ0v) is 10.5. The molecule has 0 amide bonds. The number of hydrogen-bond acceptors (Lipinski definition) is 5. The number of hydrazine groups is 1. The lowest BCUT2D eigenvalue weighted by Crippen LogP contribution is -2.49. The number of ether oxygens (including phenoxy) is 1. The molecule has 6 heteroatoms. The number of aromatic nitrogens is 2. The average Bonchev–Trinajstić information content (AvgIpc) is 2.77. The van der Waals surface area contributed by atoms with E-state index in [1.165, 1.54) is 0 Å². The summed E-state index contributed by atoms with van der Waals surface area (Å²) in [4.78, 5) is 2.37. The van der Waals surface area contributed by atoms with Crippen molar-refractivity contribution in [2.75, 3.05) is 26.2 Å². The number of aryl methyl sites for hydroxylation is 1. The average molecular weight is 239 g/mol. The largest absolute Gasteiger partial charge is 0.373 e. The van der Waals surface area contributed by atoms with Gasteiger partial charge in [-0.15, -0.1) is 0 Å². The second-order valence-electron chi connectivity index (χ2n) is 4.33. The molecule has 0 saturated carbocycles. The maximum atomic E-state index is 5.82. The lowest BCUT2D eigenvalue weighted by molar-refractivity contribution is -0.0468. The number of likely N-dealkylation sites (N-methyl/N-ethyl adjacent to an activating group) is 1. The van der Waals surface area contributed by atoms with E-state index in [2.05, 4.69) is 22.3 Å². The Balaban J connectivity index is 2.10. The number of nitrogens with one attached hydrogen (secondary N) is 1. The van der Waals surface area contributed by atoms with Crippen LogP contribution in [0.25, 0.3) is 0 Å². The summed E-state index contributed by atoms with van der Waals surface area (Å²) >= 11 is 0. The van der Waals surface area contributed by atoms with Gasteiger partial charge in [0, 0.05) is 26.3 Å². The van der Waals surface area contributed by atoms with E-state index in [9.17, 15) is 0 Å². The molecule has 1 saturated heterocycles. The van der Waals surface area contributed by atoms with Crippen LogP contribution in [0.15, 0.2) is 12.3 Å². The van der Waals surface area contributed by atoms with Crippen LogP contribution >= 0.6 is 0 Å². The predicted octanol–water partition coefficient (Wildman–Crippen LogP) is -0.355. The van der Waals surface area contributed by atoms with Gasteiger partial charge < -0.3 is 4.74 Å². The molecule has 0 aromatic carbocycles. The van der Waals surface area contributed by atoms with Crippen molar-refractivity contribution >= 4 is 0 Å². The highest BCUT2D eigenvalue weighted by molar-refractivity contribution is 5.09. The zero-order valence-electron chi connectivity index (χ0n) is 10.5. The van der Waals surface area contributed by atoms with Gasteiger partial charge in [0.1, 0.15) is 0 Å². The number of hydrogen-bond donors (Lipinski definition) is 2. The van der Waals surface area contributed by atoms with Crippen molar-refractivity contribution in [1.29, 1.82) is 0 Å². The summed E-state index contributed by atoms with van der Waals surface area (Å²) < 4.78 is 7.65. The van der Waals surface area contributed by atoms with Crippen molar-refractivity contribution < 1.29 is 4.74 Å². The quantitative estimate of drug-likeness (QED) is 0.555. The Morgan fingerprint density at radius 1 is 1.71 bits per heavy atom. The Morgan fingerprint density at radius 3 is 3.12 bits per heavy atom. The molecule has 2 atom stereocenters. The van der Waals surface area contributed by atoms with Crippen molar-refractivity contribution in [1.82, 2.24) is 20.1 Å². The maximum absolute atomic E-state index is 5.82. The van der Waals surface area contributed by atoms with E-state index in [4.69, 9.17) is 10.6 Å². The van der Waals surface area contributed by atoms with Crippen molar-refractivity contribution in [2.24, 2.45) is 12.9 Å². The van der Waals surface area contributed by atoms with Crippen LogP contribution in [-0.4, -0.2) is 47.0 Å². The lowest BCUT2D eigenvalue weighted by atomic mass is 10.1. The van der Waals surface area contributed by atoms with E-state index in [0.29, 0.717) is 0 Å². The molecule has 1 fully saturated rings. The van der Waals surface area contributed by atoms with E-state index >= 15 is 0 Å². The molecule has 0 bridgehead atoms. The lowest BCUT2D eigenvalue weighted by Gasteiger charge is -2.36. The standard InChI is InChI=1S/C11H21N5O/c1-3-16-6-7-17-10(8-16)11(14-12)9-4-5-13-15(9)2/h4-5,10-11,14H,3,6-8,12H2,1-2H3. The molecule has 17 heavy (non-hydrogen) atoms. The minimum atomic E-state index is -0.0168. The summed E-state index contributed by atoms with van der Waals surface area (Å²) in [6.07, 6.45) is 1.85. The normalized spacial score (nSPS) is 23.8. The molecule has 0 aliphatic carbocycles. The van der Waals surface area contributed by atoms with Crippen molar-refractivity contribution in [3.05, 3.63) is 18.0 Å². The van der Waals surface area contributed by atoms with Gasteiger partial charge in [-0.05, 0) is 12.6 Å². The van der Waals surface area contributed by atoms with Crippen molar-refractivity contribution in [2.45, 2.75) is 19.1 Å². The first-order chi connectivity index (χ1) is 8.26. The van der Waals surface area contributed by atoms with E-state index in [1.54, 1.807) is 6.20 Å². The molecule has 0 radical (unpaired) electrons. The van der Waals surface area contributed by atoms with Crippen molar-refractivity contribution in [3.63, 3.8) is 0 Å². The van der Waals surface area contributed by atoms with Gasteiger partial charge in [0.25, 0.3) is 0 Å². The first-order valence-electron chi connectivity index (χ1n) is 6.04. The summed E-state index contributed by atoms with van der Waals surface area (Å²) in [5.41, 5.74) is 3.90. The molecule has 1 aromatic heterocycles. The summed E-state index contributed by atoms with van der Waals surface area (Å²) in [5, 5.41) is 4.17. The van der Waals surface area contributed by atoms with Crippen LogP contribution in [0.3, 0.4) is 0 Å². The molecule has 96 valence electrons. The fourth-order valence-corrected chi connectivity index (χ4v) is 2.29. The molecular weight excluding hydrogens is 218 g/mol. The Labute approximate surface area is 102 Å². The van der Waals surface area contributed by atoms with Gasteiger partial charge >= 0.3 is 0 Å². The fourth-order valence-electron chi connectivity index (χ4n) is 2.29. The molecule has 3 N–H and O–H groups in total. The number of morpholine rings is 1. The topological polar surface area (TPSA) is 68.3 Å². The molecule has 2 heterocycles. The van der Waals surface area contributed by atoms with Gasteiger partial charge in [-0.2, -0.15) is 5.10 Å². The molecule has 6 nitrogen and oxygen atoms in total. The monoisotopic (exact) mass is 239 g/mol. The van der Waals surface area contributed by atoms with Crippen LogP contribution < -0.4 is 11.3 Å². The number of nitrogens with zero attached hydrogens (tertiary/aromatic N) is 3. The van der Waals surface area contributed by atoms with Gasteiger partial charge in [0.05, 0.1) is 24.4 Å². The van der Waals surface area contributed by atoms with Crippen molar-refractivity contribution in [3.8, 4) is 0 Å². The number of rotatable bonds is 4. The third-order valence-corrected chi connectivity index (χ3v) is 3.35. The molecule has 0 spiro atoms. The minimum absolute atomic E-state index is 0.0168. The van der Waals surface area contributed by atoms with E-state index < -0.39 is 0 Å². The highest BCUT2D eigenvalue weighted by atomic mass is 16.5. The molecule has 1 aromatic rings. The van der Waals surface area contributed by atoms with Gasteiger partial charge in [-0.25, -0.2) is 5.43 Å². The minimum Gasteiger partial charge on any atom is -0.373 e. The molecule has 2 rings (SSSR count). The van der Waals surface area contributed by atoms with Gasteiger partial charge in [-0.3, -0.25) is 15.4 Å². The molecule has 1 aliphatic heterocycles. The van der Waals surface area contributed by atoms with Crippen LogP contribution in [0, 0.1) is 0 Å². The van der Waals surface area contributed by atoms with Crippen LogP contribution in [0.2, 0.25) is 0 Å². The Bertz CT molecular complexity index is 353. The maximum Gasteiger partial charge on any atom is 0.0925 e. The second kappa shape index (κ2) is 5.59. The third-order valence-electron chi connectivity index (χ3n) is 3.35. The molecule has 1 aliphatic rings. The van der Waals surface area contributed by atoms with E-state index in [0.717, 1.165) is 31.9 Å². The Hall–Kier alpha value is -0.950. The highest BCUT2D eigenvalue weighted by Gasteiger charge is 2.29. The van der Waals surface area contributed by atoms with E-state index in [1.807, 2.05) is 17.8 Å². The molecule has 2 unspecified atom stereocenters. The van der Waals surface area contributed by atoms with Crippen LogP contribution in [0.1, 0.15) is 18.7 Å².